The molecule has 1 saturated heterocycles. The van der Waals surface area contributed by atoms with Gasteiger partial charge in [-0.15, -0.1) is 0 Å². The number of nitro groups is 1. The van der Waals surface area contributed by atoms with E-state index in [4.69, 9.17) is 0 Å². The summed E-state index contributed by atoms with van der Waals surface area (Å²) in [5.74, 6) is -1.06. The van der Waals surface area contributed by atoms with E-state index in [1.54, 1.807) is 0 Å². The van der Waals surface area contributed by atoms with Crippen molar-refractivity contribution < 1.29 is 17.7 Å². The van der Waals surface area contributed by atoms with Crippen molar-refractivity contribution in [3.63, 3.8) is 0 Å². The molecular weight excluding hydrogens is 289 g/mol. The Labute approximate surface area is 115 Å². The molecular formula is C11H14FN3O4S. The molecule has 110 valence electrons. The maximum atomic E-state index is 13.2. The molecule has 1 aromatic rings. The van der Waals surface area contributed by atoms with Gasteiger partial charge in [0.1, 0.15) is 0 Å². The van der Waals surface area contributed by atoms with Gasteiger partial charge < -0.3 is 5.32 Å². The van der Waals surface area contributed by atoms with Crippen LogP contribution in [0, 0.1) is 15.9 Å². The van der Waals surface area contributed by atoms with Gasteiger partial charge in [-0.1, -0.05) is 0 Å². The number of benzene rings is 1. The first-order valence-corrected chi connectivity index (χ1v) is 7.55. The molecule has 0 radical (unpaired) electrons. The molecule has 9 heteroatoms. The molecule has 0 aliphatic carbocycles. The summed E-state index contributed by atoms with van der Waals surface area (Å²) >= 11 is 0. The fourth-order valence-electron chi connectivity index (χ4n) is 2.04. The quantitative estimate of drug-likeness (QED) is 0.632. The molecule has 20 heavy (non-hydrogen) atoms. The van der Waals surface area contributed by atoms with Gasteiger partial charge in [-0.2, -0.15) is 4.39 Å². The first-order chi connectivity index (χ1) is 9.40. The zero-order valence-corrected chi connectivity index (χ0v) is 11.3. The number of hydrogen-bond acceptors (Lipinski definition) is 5. The summed E-state index contributed by atoms with van der Waals surface area (Å²) in [6, 6.07) is 2.26. The van der Waals surface area contributed by atoms with Crippen LogP contribution in [0.2, 0.25) is 0 Å². The predicted octanol–water partition coefficient (Wildman–Crippen LogP) is 0.764. The minimum Gasteiger partial charge on any atom is -0.315 e. The highest BCUT2D eigenvalue weighted by molar-refractivity contribution is 7.89. The van der Waals surface area contributed by atoms with E-state index in [9.17, 15) is 22.9 Å². The standard InChI is InChI=1S/C11H14FN3O4S/c12-10-4-3-9(6-11(10)15(16)17)20(18,19)14-8-2-1-5-13-7-8/h3-4,6,8,13-14H,1-2,5,7H2/t8-/m1/s1. The fraction of sp³-hybridized carbons (Fsp3) is 0.455. The second-order valence-corrected chi connectivity index (χ2v) is 6.25. The van der Waals surface area contributed by atoms with E-state index in [-0.39, 0.29) is 10.9 Å². The Balaban J connectivity index is 2.24. The molecule has 0 saturated carbocycles. The number of nitrogens with one attached hydrogen (secondary N) is 2. The molecule has 7 nitrogen and oxygen atoms in total. The van der Waals surface area contributed by atoms with E-state index in [0.717, 1.165) is 31.2 Å². The van der Waals surface area contributed by atoms with Crippen molar-refractivity contribution in [1.29, 1.82) is 0 Å². The highest BCUT2D eigenvalue weighted by atomic mass is 32.2. The normalized spacial score (nSPS) is 19.8. The zero-order valence-electron chi connectivity index (χ0n) is 10.5. The van der Waals surface area contributed by atoms with Crippen molar-refractivity contribution in [2.24, 2.45) is 0 Å². The van der Waals surface area contributed by atoms with Crippen LogP contribution >= 0.6 is 0 Å². The van der Waals surface area contributed by atoms with E-state index < -0.39 is 26.5 Å². The Hall–Kier alpha value is -1.58. The van der Waals surface area contributed by atoms with Crippen molar-refractivity contribution in [2.75, 3.05) is 13.1 Å². The van der Waals surface area contributed by atoms with Gasteiger partial charge in [0.15, 0.2) is 0 Å². The number of piperidine rings is 1. The highest BCUT2D eigenvalue weighted by Crippen LogP contribution is 2.21. The van der Waals surface area contributed by atoms with E-state index >= 15 is 0 Å². The second kappa shape index (κ2) is 5.81. The van der Waals surface area contributed by atoms with Gasteiger partial charge in [0.05, 0.1) is 9.82 Å². The Morgan fingerprint density at radius 3 is 2.80 bits per heavy atom. The minimum absolute atomic E-state index is 0.266. The molecule has 0 amide bonds. The molecule has 1 fully saturated rings. The lowest BCUT2D eigenvalue weighted by atomic mass is 10.1. The summed E-state index contributed by atoms with van der Waals surface area (Å²) in [5.41, 5.74) is -0.852. The van der Waals surface area contributed by atoms with Crippen LogP contribution in [0.5, 0.6) is 0 Å². The monoisotopic (exact) mass is 303 g/mol. The SMILES string of the molecule is O=[N+]([O-])c1cc(S(=O)(=O)N[C@@H]2CCCNC2)ccc1F. The molecule has 0 bridgehead atoms. The molecule has 1 heterocycles. The molecule has 0 spiro atoms. The summed E-state index contributed by atoms with van der Waals surface area (Å²) in [7, 11) is -3.89. The summed E-state index contributed by atoms with van der Waals surface area (Å²) in [6.07, 6.45) is 1.53. The van der Waals surface area contributed by atoms with Crippen molar-refractivity contribution in [2.45, 2.75) is 23.8 Å². The Morgan fingerprint density at radius 2 is 2.20 bits per heavy atom. The third kappa shape index (κ3) is 3.30. The lowest BCUT2D eigenvalue weighted by molar-refractivity contribution is -0.387. The summed E-state index contributed by atoms with van der Waals surface area (Å²) in [5, 5.41) is 13.7. The van der Waals surface area contributed by atoms with Crippen LogP contribution in [0.3, 0.4) is 0 Å². The van der Waals surface area contributed by atoms with Gasteiger partial charge in [0.2, 0.25) is 15.8 Å². The molecule has 0 unspecified atom stereocenters. The molecule has 0 aromatic heterocycles. The molecule has 1 aromatic carbocycles. The Morgan fingerprint density at radius 1 is 1.45 bits per heavy atom. The van der Waals surface area contributed by atoms with Crippen LogP contribution in [0.25, 0.3) is 0 Å². The summed E-state index contributed by atoms with van der Waals surface area (Å²) in [4.78, 5) is 9.37. The average Bonchev–Trinajstić information content (AvgIpc) is 2.39. The van der Waals surface area contributed by atoms with Crippen molar-refractivity contribution in [3.8, 4) is 0 Å². The van der Waals surface area contributed by atoms with Crippen LogP contribution in [0.15, 0.2) is 23.1 Å². The van der Waals surface area contributed by atoms with E-state index in [0.29, 0.717) is 13.0 Å². The Bertz CT molecular complexity index is 614. The maximum Gasteiger partial charge on any atom is 0.306 e. The van der Waals surface area contributed by atoms with E-state index in [2.05, 4.69) is 10.0 Å². The van der Waals surface area contributed by atoms with Crippen molar-refractivity contribution >= 4 is 15.7 Å². The third-order valence-electron chi connectivity index (χ3n) is 3.04. The molecule has 2 rings (SSSR count). The second-order valence-electron chi connectivity index (χ2n) is 4.53. The molecule has 1 aliphatic rings. The van der Waals surface area contributed by atoms with Gasteiger partial charge in [0, 0.05) is 18.7 Å². The predicted molar refractivity (Wildman–Crippen MR) is 69.3 cm³/mol. The minimum atomic E-state index is -3.89. The molecule has 2 N–H and O–H groups in total. The van der Waals surface area contributed by atoms with Gasteiger partial charge in [-0.05, 0) is 31.5 Å². The Kier molecular flexibility index (Phi) is 4.31. The van der Waals surface area contributed by atoms with Gasteiger partial charge in [-0.3, -0.25) is 10.1 Å². The number of rotatable bonds is 4. The molecule has 1 aliphatic heterocycles. The third-order valence-corrected chi connectivity index (χ3v) is 4.56. The van der Waals surface area contributed by atoms with Crippen molar-refractivity contribution in [3.05, 3.63) is 34.1 Å². The summed E-state index contributed by atoms with van der Waals surface area (Å²) in [6.45, 7) is 1.34. The number of sulfonamides is 1. The number of nitro benzene ring substituents is 1. The smallest absolute Gasteiger partial charge is 0.306 e. The number of halogens is 1. The average molecular weight is 303 g/mol. The zero-order chi connectivity index (χ0) is 14.8. The van der Waals surface area contributed by atoms with Crippen molar-refractivity contribution in [1.82, 2.24) is 10.0 Å². The molecule has 1 atom stereocenters. The van der Waals surface area contributed by atoms with Gasteiger partial charge in [-0.25, -0.2) is 13.1 Å². The number of hydrogen-bond donors (Lipinski definition) is 2. The summed E-state index contributed by atoms with van der Waals surface area (Å²) < 4.78 is 39.9. The first-order valence-electron chi connectivity index (χ1n) is 6.07. The van der Waals surface area contributed by atoms with E-state index in [1.807, 2.05) is 0 Å². The maximum absolute atomic E-state index is 13.2. The van der Waals surface area contributed by atoms with Crippen LogP contribution in [-0.2, 0) is 10.0 Å². The lowest BCUT2D eigenvalue weighted by Gasteiger charge is -2.23. The first kappa shape index (κ1) is 14.8. The number of nitrogens with zero attached hydrogens (tertiary/aromatic N) is 1. The largest absolute Gasteiger partial charge is 0.315 e. The topological polar surface area (TPSA) is 101 Å². The lowest BCUT2D eigenvalue weighted by Crippen LogP contribution is -2.45. The van der Waals surface area contributed by atoms with Gasteiger partial charge >= 0.3 is 5.69 Å². The van der Waals surface area contributed by atoms with Crippen LogP contribution in [-0.4, -0.2) is 32.5 Å². The van der Waals surface area contributed by atoms with Crippen LogP contribution in [0.4, 0.5) is 10.1 Å². The highest BCUT2D eigenvalue weighted by Gasteiger charge is 2.25. The van der Waals surface area contributed by atoms with Crippen LogP contribution < -0.4 is 10.0 Å². The van der Waals surface area contributed by atoms with Gasteiger partial charge in [0.25, 0.3) is 0 Å². The van der Waals surface area contributed by atoms with Crippen LogP contribution in [0.1, 0.15) is 12.8 Å². The van der Waals surface area contributed by atoms with E-state index in [1.165, 1.54) is 0 Å². The fourth-order valence-corrected chi connectivity index (χ4v) is 3.33.